The van der Waals surface area contributed by atoms with E-state index in [1.54, 1.807) is 0 Å². The summed E-state index contributed by atoms with van der Waals surface area (Å²) in [5, 5.41) is 13.7. The number of ether oxygens (including phenoxy) is 1. The Morgan fingerprint density at radius 3 is 2.79 bits per heavy atom. The maximum absolute atomic E-state index is 12.6. The van der Waals surface area contributed by atoms with Crippen LogP contribution in [0.1, 0.15) is 65.9 Å². The van der Waals surface area contributed by atoms with E-state index in [1.807, 2.05) is 31.2 Å². The first-order chi connectivity index (χ1) is 13.3. The van der Waals surface area contributed by atoms with Crippen molar-refractivity contribution in [2.45, 2.75) is 71.9 Å². The van der Waals surface area contributed by atoms with E-state index < -0.39 is 0 Å². The molecule has 2 atom stereocenters. The molecule has 0 saturated heterocycles. The van der Waals surface area contributed by atoms with Crippen molar-refractivity contribution in [3.63, 3.8) is 0 Å². The summed E-state index contributed by atoms with van der Waals surface area (Å²) in [5.74, 6) is 0.901. The molecule has 0 spiro atoms. The highest BCUT2D eigenvalue weighted by Gasteiger charge is 2.36. The molecular formula is C25H32NO2-. The molecule has 0 fully saturated rings. The maximum Gasteiger partial charge on any atom is 0.131 e. The van der Waals surface area contributed by atoms with Crippen LogP contribution in [0.15, 0.2) is 65.3 Å². The molecule has 0 amide bonds. The highest BCUT2D eigenvalue weighted by Crippen LogP contribution is 2.46. The van der Waals surface area contributed by atoms with Gasteiger partial charge in [0.05, 0.1) is 0 Å². The van der Waals surface area contributed by atoms with Crippen molar-refractivity contribution in [2.24, 2.45) is 0 Å². The van der Waals surface area contributed by atoms with Crippen LogP contribution >= 0.6 is 0 Å². The van der Waals surface area contributed by atoms with Crippen molar-refractivity contribution in [2.75, 3.05) is 5.06 Å². The summed E-state index contributed by atoms with van der Waals surface area (Å²) in [7, 11) is 0. The molecule has 2 aliphatic heterocycles. The van der Waals surface area contributed by atoms with Crippen LogP contribution in [0, 0.1) is 5.21 Å². The van der Waals surface area contributed by atoms with Gasteiger partial charge >= 0.3 is 0 Å². The first-order valence-corrected chi connectivity index (χ1v) is 10.3. The normalized spacial score (nSPS) is 24.7. The van der Waals surface area contributed by atoms with Crippen molar-refractivity contribution in [3.8, 4) is 0 Å². The van der Waals surface area contributed by atoms with E-state index in [9.17, 15) is 5.21 Å². The smallest absolute Gasteiger partial charge is 0.131 e. The Hall–Kier alpha value is -2.26. The van der Waals surface area contributed by atoms with Crippen LogP contribution < -0.4 is 5.06 Å². The highest BCUT2D eigenvalue weighted by molar-refractivity contribution is 5.81. The average molecular weight is 379 g/mol. The van der Waals surface area contributed by atoms with E-state index >= 15 is 0 Å². The van der Waals surface area contributed by atoms with Gasteiger partial charge in [0, 0.05) is 17.3 Å². The molecule has 0 aliphatic carbocycles. The fraction of sp³-hybridized carbons (Fsp3) is 0.440. The number of fused-ring (bicyclic) bond motifs is 2. The van der Waals surface area contributed by atoms with Gasteiger partial charge in [0.1, 0.15) is 11.4 Å². The van der Waals surface area contributed by atoms with Gasteiger partial charge in [0.2, 0.25) is 0 Å². The third kappa shape index (κ3) is 4.41. The number of para-hydroxylation sites is 1. The van der Waals surface area contributed by atoms with Crippen LogP contribution in [0.2, 0.25) is 0 Å². The lowest BCUT2D eigenvalue weighted by molar-refractivity contribution is 0.0823. The standard InChI is InChI=1S/C25H32NO2/c1-18(2)10-8-11-19(3)12-9-16-25(5)17-15-21-20(4)26(27)23-14-7-6-13-22(23)24(21)28-25/h6-7,9-10,12-14,16,20H,8,11,15,17H2,1-5H3/q-1/b16-9+,19-12+/t20?,25-/m0/s1. The van der Waals surface area contributed by atoms with E-state index in [-0.39, 0.29) is 11.6 Å². The molecule has 0 aromatic heterocycles. The summed E-state index contributed by atoms with van der Waals surface area (Å²) in [5.41, 5.74) is 5.12. The predicted octanol–water partition coefficient (Wildman–Crippen LogP) is 6.92. The molecule has 3 rings (SSSR count). The van der Waals surface area contributed by atoms with Crippen LogP contribution in [-0.4, -0.2) is 11.6 Å². The van der Waals surface area contributed by atoms with Crippen LogP contribution in [0.5, 0.6) is 0 Å². The number of nitrogens with zero attached hydrogens (tertiary/aromatic N) is 1. The molecule has 3 nitrogen and oxygen atoms in total. The molecule has 0 saturated carbocycles. The van der Waals surface area contributed by atoms with Crippen molar-refractivity contribution in [1.82, 2.24) is 0 Å². The molecule has 2 heterocycles. The number of hydrogen-bond acceptors (Lipinski definition) is 3. The summed E-state index contributed by atoms with van der Waals surface area (Å²) < 4.78 is 6.51. The zero-order chi connectivity index (χ0) is 20.3. The molecule has 150 valence electrons. The zero-order valence-corrected chi connectivity index (χ0v) is 17.8. The second kappa shape index (κ2) is 8.40. The Bertz CT molecular complexity index is 842. The summed E-state index contributed by atoms with van der Waals surface area (Å²) in [4.78, 5) is 0. The third-order valence-corrected chi connectivity index (χ3v) is 5.68. The van der Waals surface area contributed by atoms with Gasteiger partial charge in [-0.15, -0.1) is 0 Å². The fourth-order valence-electron chi connectivity index (χ4n) is 3.89. The largest absolute Gasteiger partial charge is 0.758 e. The third-order valence-electron chi connectivity index (χ3n) is 5.68. The SMILES string of the molecule is CC(C)=CCC/C(C)=C/C=C/[C@@]1(C)CCC2=C(O1)c1ccccc1N([O-])C2C. The van der Waals surface area contributed by atoms with Gasteiger partial charge in [-0.25, -0.2) is 0 Å². The highest BCUT2D eigenvalue weighted by atomic mass is 16.5. The van der Waals surface area contributed by atoms with Crippen molar-refractivity contribution in [1.29, 1.82) is 0 Å². The number of hydroxylamine groups is 1. The predicted molar refractivity (Wildman–Crippen MR) is 119 cm³/mol. The summed E-state index contributed by atoms with van der Waals surface area (Å²) in [6.45, 7) is 10.6. The molecule has 0 bridgehead atoms. The molecule has 0 N–H and O–H groups in total. The number of hydrogen-bond donors (Lipinski definition) is 0. The Morgan fingerprint density at radius 2 is 2.04 bits per heavy atom. The van der Waals surface area contributed by atoms with Crippen LogP contribution in [0.3, 0.4) is 0 Å². The number of allylic oxidation sites excluding steroid dienone is 5. The van der Waals surface area contributed by atoms with Crippen molar-refractivity contribution >= 4 is 11.4 Å². The lowest BCUT2D eigenvalue weighted by atomic mass is 9.85. The second-order valence-corrected chi connectivity index (χ2v) is 8.48. The minimum absolute atomic E-state index is 0.171. The minimum Gasteiger partial charge on any atom is -0.758 e. The van der Waals surface area contributed by atoms with Crippen molar-refractivity contribution in [3.05, 3.63) is 76.1 Å². The zero-order valence-electron chi connectivity index (χ0n) is 17.8. The van der Waals surface area contributed by atoms with Gasteiger partial charge in [-0.05, 0) is 84.1 Å². The fourth-order valence-corrected chi connectivity index (χ4v) is 3.89. The van der Waals surface area contributed by atoms with Crippen LogP contribution in [-0.2, 0) is 4.74 Å². The lowest BCUT2D eigenvalue weighted by Crippen LogP contribution is -2.39. The lowest BCUT2D eigenvalue weighted by Gasteiger charge is -2.48. The number of anilines is 1. The average Bonchev–Trinajstić information content (AvgIpc) is 2.65. The molecule has 28 heavy (non-hydrogen) atoms. The van der Waals surface area contributed by atoms with E-state index in [0.29, 0.717) is 5.69 Å². The maximum atomic E-state index is 12.6. The van der Waals surface area contributed by atoms with Crippen LogP contribution in [0.25, 0.3) is 5.76 Å². The van der Waals surface area contributed by atoms with E-state index in [0.717, 1.165) is 47.6 Å². The first kappa shape index (κ1) is 20.5. The topological polar surface area (TPSA) is 35.5 Å². The van der Waals surface area contributed by atoms with Gasteiger partial charge in [-0.2, -0.15) is 0 Å². The van der Waals surface area contributed by atoms with Crippen molar-refractivity contribution < 1.29 is 4.74 Å². The molecule has 1 aromatic carbocycles. The van der Waals surface area contributed by atoms with E-state index in [1.165, 1.54) is 11.1 Å². The van der Waals surface area contributed by atoms with Gasteiger partial charge in [-0.3, -0.25) is 0 Å². The van der Waals surface area contributed by atoms with E-state index in [2.05, 4.69) is 52.0 Å². The van der Waals surface area contributed by atoms with Gasteiger partial charge < -0.3 is 15.0 Å². The summed E-state index contributed by atoms with van der Waals surface area (Å²) in [6.07, 6.45) is 12.7. The van der Waals surface area contributed by atoms with E-state index in [4.69, 9.17) is 4.74 Å². The molecule has 1 unspecified atom stereocenters. The van der Waals surface area contributed by atoms with Gasteiger partial charge in [0.25, 0.3) is 0 Å². The first-order valence-electron chi connectivity index (χ1n) is 10.3. The number of rotatable bonds is 5. The second-order valence-electron chi connectivity index (χ2n) is 8.48. The molecule has 2 aliphatic rings. The summed E-state index contributed by atoms with van der Waals surface area (Å²) >= 11 is 0. The monoisotopic (exact) mass is 378 g/mol. The quantitative estimate of drug-likeness (QED) is 0.412. The molecular weight excluding hydrogens is 346 g/mol. The molecule has 0 radical (unpaired) electrons. The summed E-state index contributed by atoms with van der Waals surface area (Å²) in [6, 6.07) is 7.58. The van der Waals surface area contributed by atoms with Gasteiger partial charge in [0.15, 0.2) is 0 Å². The minimum atomic E-state index is -0.354. The van der Waals surface area contributed by atoms with Gasteiger partial charge in [-0.1, -0.05) is 41.5 Å². The number of benzene rings is 1. The Kier molecular flexibility index (Phi) is 6.14. The molecule has 1 aromatic rings. The van der Waals surface area contributed by atoms with Crippen LogP contribution in [0.4, 0.5) is 5.69 Å². The Morgan fingerprint density at radius 1 is 1.29 bits per heavy atom. The Balaban J connectivity index is 1.76. The molecule has 3 heteroatoms. The Labute approximate surface area is 169 Å².